The van der Waals surface area contributed by atoms with Crippen molar-refractivity contribution in [2.45, 2.75) is 57.6 Å². The Hall–Kier alpha value is -1.55. The number of amides is 1. The molecule has 0 radical (unpaired) electrons. The number of methoxy groups -OCH3 is 1. The lowest BCUT2D eigenvalue weighted by Crippen LogP contribution is -2.46. The predicted molar refractivity (Wildman–Crippen MR) is 86.9 cm³/mol. The van der Waals surface area contributed by atoms with Crippen molar-refractivity contribution >= 4 is 5.91 Å². The molecule has 1 fully saturated rings. The first kappa shape index (κ1) is 16.8. The van der Waals surface area contributed by atoms with E-state index in [0.717, 1.165) is 37.9 Å². The zero-order chi connectivity index (χ0) is 15.9. The summed E-state index contributed by atoms with van der Waals surface area (Å²) >= 11 is 0. The maximum Gasteiger partial charge on any atom is 0.220 e. The van der Waals surface area contributed by atoms with Crippen LogP contribution in [0.3, 0.4) is 0 Å². The molecule has 1 aliphatic rings. The Kier molecular flexibility index (Phi) is 6.25. The fourth-order valence-electron chi connectivity index (χ4n) is 3.04. The summed E-state index contributed by atoms with van der Waals surface area (Å²) in [6.07, 6.45) is 4.72. The lowest BCUT2D eigenvalue weighted by atomic mass is 9.76. The molecule has 1 amide bonds. The number of aliphatic hydroxyl groups is 1. The number of hydrogen-bond donors (Lipinski definition) is 2. The molecule has 0 bridgehead atoms. The van der Waals surface area contributed by atoms with Crippen LogP contribution in [0.25, 0.3) is 0 Å². The van der Waals surface area contributed by atoms with Gasteiger partial charge in [0.1, 0.15) is 5.75 Å². The molecule has 0 heterocycles. The molecule has 122 valence electrons. The molecule has 2 N–H and O–H groups in total. The van der Waals surface area contributed by atoms with Gasteiger partial charge in [0.2, 0.25) is 5.91 Å². The van der Waals surface area contributed by atoms with Crippen LogP contribution in [-0.2, 0) is 11.2 Å². The second-order valence-corrected chi connectivity index (χ2v) is 6.17. The van der Waals surface area contributed by atoms with E-state index in [1.165, 1.54) is 5.56 Å². The van der Waals surface area contributed by atoms with Gasteiger partial charge >= 0.3 is 0 Å². The Bertz CT molecular complexity index is 466. The van der Waals surface area contributed by atoms with Crippen LogP contribution < -0.4 is 10.1 Å². The number of aliphatic hydroxyl groups excluding tert-OH is 1. The number of ether oxygens (including phenoxy) is 1. The lowest BCUT2D eigenvalue weighted by molar-refractivity contribution is -0.123. The molecule has 0 aromatic heterocycles. The fraction of sp³-hybridized carbons (Fsp3) is 0.611. The number of benzene rings is 1. The van der Waals surface area contributed by atoms with Crippen molar-refractivity contribution in [3.63, 3.8) is 0 Å². The van der Waals surface area contributed by atoms with E-state index in [2.05, 4.69) is 12.2 Å². The van der Waals surface area contributed by atoms with Gasteiger partial charge in [0.05, 0.1) is 13.2 Å². The van der Waals surface area contributed by atoms with Crippen molar-refractivity contribution in [3.8, 4) is 5.75 Å². The molecule has 0 spiro atoms. The van der Waals surface area contributed by atoms with E-state index in [9.17, 15) is 9.90 Å². The second-order valence-electron chi connectivity index (χ2n) is 6.17. The molecule has 0 unspecified atom stereocenters. The van der Waals surface area contributed by atoms with E-state index >= 15 is 0 Å². The van der Waals surface area contributed by atoms with Gasteiger partial charge in [-0.2, -0.15) is 0 Å². The summed E-state index contributed by atoms with van der Waals surface area (Å²) < 4.78 is 5.13. The second kappa shape index (κ2) is 8.18. The van der Waals surface area contributed by atoms with Gasteiger partial charge in [-0.3, -0.25) is 4.79 Å². The molecule has 2 rings (SSSR count). The normalized spacial score (nSPS) is 21.8. The van der Waals surface area contributed by atoms with Gasteiger partial charge in [-0.05, 0) is 55.7 Å². The highest BCUT2D eigenvalue weighted by Gasteiger charge is 2.33. The van der Waals surface area contributed by atoms with E-state index < -0.39 is 0 Å². The molecule has 22 heavy (non-hydrogen) atoms. The van der Waals surface area contributed by atoms with Crippen LogP contribution in [0.4, 0.5) is 0 Å². The zero-order valence-corrected chi connectivity index (χ0v) is 13.5. The van der Waals surface area contributed by atoms with Gasteiger partial charge in [0.15, 0.2) is 0 Å². The molecule has 4 nitrogen and oxygen atoms in total. The Balaban J connectivity index is 1.68. The first-order valence-electron chi connectivity index (χ1n) is 8.22. The number of aryl methyl sites for hydroxylation is 1. The molecule has 1 saturated carbocycles. The average molecular weight is 305 g/mol. The SMILES string of the molecule is CC[C@@H](NC(=O)CCCc1ccc(OC)cc1)C1CC(O)C1. The number of carbonyl (C=O) groups is 1. The molecule has 0 aliphatic heterocycles. The summed E-state index contributed by atoms with van der Waals surface area (Å²) in [6, 6.07) is 8.20. The van der Waals surface area contributed by atoms with Crippen LogP contribution in [0.1, 0.15) is 44.6 Å². The summed E-state index contributed by atoms with van der Waals surface area (Å²) in [5, 5.41) is 12.5. The number of carbonyl (C=O) groups excluding carboxylic acids is 1. The van der Waals surface area contributed by atoms with Crippen molar-refractivity contribution in [2.24, 2.45) is 5.92 Å². The van der Waals surface area contributed by atoms with E-state index in [0.29, 0.717) is 12.3 Å². The lowest BCUT2D eigenvalue weighted by Gasteiger charge is -2.37. The van der Waals surface area contributed by atoms with Crippen molar-refractivity contribution in [1.82, 2.24) is 5.32 Å². The van der Waals surface area contributed by atoms with E-state index in [1.54, 1.807) is 7.11 Å². The summed E-state index contributed by atoms with van der Waals surface area (Å²) in [4.78, 5) is 12.0. The minimum absolute atomic E-state index is 0.127. The molecular weight excluding hydrogens is 278 g/mol. The highest BCUT2D eigenvalue weighted by molar-refractivity contribution is 5.76. The monoisotopic (exact) mass is 305 g/mol. The molecule has 1 aromatic rings. The molecule has 0 saturated heterocycles. The topological polar surface area (TPSA) is 58.6 Å². The predicted octanol–water partition coefficient (Wildman–Crippen LogP) is 2.68. The van der Waals surface area contributed by atoms with Gasteiger partial charge in [-0.15, -0.1) is 0 Å². The zero-order valence-electron chi connectivity index (χ0n) is 13.5. The van der Waals surface area contributed by atoms with E-state index in [-0.39, 0.29) is 18.1 Å². The minimum atomic E-state index is -0.161. The van der Waals surface area contributed by atoms with Crippen LogP contribution in [0, 0.1) is 5.92 Å². The highest BCUT2D eigenvalue weighted by atomic mass is 16.5. The van der Waals surface area contributed by atoms with E-state index in [1.807, 2.05) is 24.3 Å². The maximum atomic E-state index is 12.0. The number of rotatable bonds is 8. The van der Waals surface area contributed by atoms with Crippen LogP contribution in [0.15, 0.2) is 24.3 Å². The molecule has 1 aliphatic carbocycles. The summed E-state index contributed by atoms with van der Waals surface area (Å²) in [5.74, 6) is 1.43. The van der Waals surface area contributed by atoms with Crippen molar-refractivity contribution in [1.29, 1.82) is 0 Å². The van der Waals surface area contributed by atoms with Crippen molar-refractivity contribution in [3.05, 3.63) is 29.8 Å². The fourth-order valence-corrected chi connectivity index (χ4v) is 3.04. The maximum absolute atomic E-state index is 12.0. The molecule has 1 atom stereocenters. The Morgan fingerprint density at radius 2 is 2.05 bits per heavy atom. The van der Waals surface area contributed by atoms with Crippen molar-refractivity contribution in [2.75, 3.05) is 7.11 Å². The summed E-state index contributed by atoms with van der Waals surface area (Å²) in [6.45, 7) is 2.09. The summed E-state index contributed by atoms with van der Waals surface area (Å²) in [5.41, 5.74) is 1.22. The van der Waals surface area contributed by atoms with Gasteiger partial charge in [-0.25, -0.2) is 0 Å². The largest absolute Gasteiger partial charge is 0.497 e. The van der Waals surface area contributed by atoms with Gasteiger partial charge in [0.25, 0.3) is 0 Å². The minimum Gasteiger partial charge on any atom is -0.497 e. The third-order valence-corrected chi connectivity index (χ3v) is 4.53. The van der Waals surface area contributed by atoms with Gasteiger partial charge < -0.3 is 15.2 Å². The number of hydrogen-bond acceptors (Lipinski definition) is 3. The average Bonchev–Trinajstić information content (AvgIpc) is 2.50. The first-order valence-corrected chi connectivity index (χ1v) is 8.22. The smallest absolute Gasteiger partial charge is 0.220 e. The van der Waals surface area contributed by atoms with Crippen LogP contribution in [-0.4, -0.2) is 30.3 Å². The molecular formula is C18H27NO3. The third kappa shape index (κ3) is 4.73. The first-order chi connectivity index (χ1) is 10.6. The molecule has 4 heteroatoms. The van der Waals surface area contributed by atoms with Crippen LogP contribution in [0.5, 0.6) is 5.75 Å². The van der Waals surface area contributed by atoms with Gasteiger partial charge in [0, 0.05) is 12.5 Å². The van der Waals surface area contributed by atoms with Crippen molar-refractivity contribution < 1.29 is 14.6 Å². The summed E-state index contributed by atoms with van der Waals surface area (Å²) in [7, 11) is 1.66. The van der Waals surface area contributed by atoms with Crippen LogP contribution >= 0.6 is 0 Å². The Labute approximate surface area is 132 Å². The van der Waals surface area contributed by atoms with Gasteiger partial charge in [-0.1, -0.05) is 19.1 Å². The Morgan fingerprint density at radius 3 is 2.59 bits per heavy atom. The van der Waals surface area contributed by atoms with Crippen LogP contribution in [0.2, 0.25) is 0 Å². The van der Waals surface area contributed by atoms with E-state index in [4.69, 9.17) is 4.74 Å². The standard InChI is InChI=1S/C18H27NO3/c1-3-17(14-11-15(20)12-14)19-18(21)6-4-5-13-7-9-16(22-2)10-8-13/h7-10,14-15,17,20H,3-6,11-12H2,1-2H3,(H,19,21)/t14?,15?,17-/m1/s1. The Morgan fingerprint density at radius 1 is 1.36 bits per heavy atom. The number of nitrogens with one attached hydrogen (secondary N) is 1. The molecule has 1 aromatic carbocycles. The third-order valence-electron chi connectivity index (χ3n) is 4.53. The highest BCUT2D eigenvalue weighted by Crippen LogP contribution is 2.31. The quantitative estimate of drug-likeness (QED) is 0.776.